The fourth-order valence-corrected chi connectivity index (χ4v) is 4.16. The Morgan fingerprint density at radius 3 is 2.54 bits per heavy atom. The fourth-order valence-electron chi connectivity index (χ4n) is 4.04. The Hall–Kier alpha value is -2.14. The molecule has 0 saturated heterocycles. The molecule has 1 heterocycles. The Kier molecular flexibility index (Phi) is 5.94. The van der Waals surface area contributed by atoms with Crippen molar-refractivity contribution in [2.24, 2.45) is 11.3 Å². The Morgan fingerprint density at radius 2 is 1.89 bits per heavy atom. The van der Waals surface area contributed by atoms with Crippen LogP contribution in [0.1, 0.15) is 52.9 Å². The first-order chi connectivity index (χ1) is 13.2. The van der Waals surface area contributed by atoms with E-state index in [2.05, 4.69) is 12.2 Å². The van der Waals surface area contributed by atoms with Crippen molar-refractivity contribution < 1.29 is 14.4 Å². The number of hydrogen-bond acceptors (Lipinski definition) is 3. The van der Waals surface area contributed by atoms with Crippen molar-refractivity contribution in [3.05, 3.63) is 40.6 Å². The van der Waals surface area contributed by atoms with E-state index >= 15 is 0 Å². The highest BCUT2D eigenvalue weighted by atomic mass is 35.5. The van der Waals surface area contributed by atoms with Gasteiger partial charge in [-0.3, -0.25) is 14.4 Å². The van der Waals surface area contributed by atoms with Crippen molar-refractivity contribution in [3.63, 3.8) is 0 Å². The molecule has 1 aromatic rings. The summed E-state index contributed by atoms with van der Waals surface area (Å²) in [6.45, 7) is 6.74. The molecule has 1 aliphatic carbocycles. The summed E-state index contributed by atoms with van der Waals surface area (Å²) in [7, 11) is 0. The highest BCUT2D eigenvalue weighted by molar-refractivity contribution is 6.30. The van der Waals surface area contributed by atoms with E-state index in [1.807, 2.05) is 13.8 Å². The summed E-state index contributed by atoms with van der Waals surface area (Å²) in [6.07, 6.45) is 2.90. The molecular formula is C22H27ClN2O3. The van der Waals surface area contributed by atoms with E-state index < -0.39 is 5.92 Å². The molecule has 0 fully saturated rings. The minimum absolute atomic E-state index is 0.0171. The second-order valence-corrected chi connectivity index (χ2v) is 8.89. The van der Waals surface area contributed by atoms with Gasteiger partial charge in [0.05, 0.1) is 5.92 Å². The number of nitrogens with one attached hydrogen (secondary N) is 1. The molecule has 2 aliphatic rings. The maximum Gasteiger partial charge on any atom is 0.232 e. The van der Waals surface area contributed by atoms with Crippen LogP contribution >= 0.6 is 11.6 Å². The average molecular weight is 403 g/mol. The second-order valence-electron chi connectivity index (χ2n) is 8.45. The summed E-state index contributed by atoms with van der Waals surface area (Å²) < 4.78 is 0. The molecule has 0 unspecified atom stereocenters. The molecular weight excluding hydrogens is 376 g/mol. The molecule has 0 aromatic heterocycles. The molecule has 5 nitrogen and oxygen atoms in total. The second kappa shape index (κ2) is 8.08. The molecule has 1 N–H and O–H groups in total. The molecule has 28 heavy (non-hydrogen) atoms. The number of carbonyl (C=O) groups is 3. The number of halogens is 1. The number of ketones is 1. The van der Waals surface area contributed by atoms with E-state index in [4.69, 9.17) is 11.6 Å². The molecule has 0 bridgehead atoms. The van der Waals surface area contributed by atoms with Crippen LogP contribution in [-0.2, 0) is 14.4 Å². The molecule has 1 aromatic carbocycles. The fraction of sp³-hybridized carbons (Fsp3) is 0.500. The Labute approximate surface area is 171 Å². The van der Waals surface area contributed by atoms with E-state index in [1.54, 1.807) is 29.2 Å². The molecule has 1 atom stereocenters. The Morgan fingerprint density at radius 1 is 1.21 bits per heavy atom. The van der Waals surface area contributed by atoms with Crippen LogP contribution in [0.3, 0.4) is 0 Å². The van der Waals surface area contributed by atoms with Gasteiger partial charge in [-0.25, -0.2) is 0 Å². The van der Waals surface area contributed by atoms with Crippen LogP contribution in [0.25, 0.3) is 0 Å². The number of rotatable bonds is 5. The summed E-state index contributed by atoms with van der Waals surface area (Å²) >= 11 is 5.90. The molecule has 1 aliphatic heterocycles. The van der Waals surface area contributed by atoms with Gasteiger partial charge in [0, 0.05) is 41.4 Å². The first-order valence-corrected chi connectivity index (χ1v) is 10.2. The highest BCUT2D eigenvalue weighted by Gasteiger charge is 2.45. The van der Waals surface area contributed by atoms with Crippen molar-refractivity contribution >= 4 is 34.9 Å². The van der Waals surface area contributed by atoms with E-state index in [1.165, 1.54) is 0 Å². The number of benzene rings is 1. The summed E-state index contributed by atoms with van der Waals surface area (Å²) in [5.74, 6) is -1.14. The third-order valence-corrected chi connectivity index (χ3v) is 5.67. The summed E-state index contributed by atoms with van der Waals surface area (Å²) in [4.78, 5) is 40.6. The van der Waals surface area contributed by atoms with Gasteiger partial charge in [-0.1, -0.05) is 38.8 Å². The minimum Gasteiger partial charge on any atom is -0.326 e. The van der Waals surface area contributed by atoms with Gasteiger partial charge in [0.25, 0.3) is 0 Å². The van der Waals surface area contributed by atoms with Gasteiger partial charge < -0.3 is 10.2 Å². The third kappa shape index (κ3) is 4.30. The van der Waals surface area contributed by atoms with E-state index in [-0.39, 0.29) is 29.4 Å². The minimum atomic E-state index is -0.736. The number of anilines is 1. The quantitative estimate of drug-likeness (QED) is 0.784. The van der Waals surface area contributed by atoms with E-state index in [0.29, 0.717) is 35.7 Å². The number of allylic oxidation sites excluding steroid dienone is 1. The predicted octanol–water partition coefficient (Wildman–Crippen LogP) is 4.57. The van der Waals surface area contributed by atoms with Crippen LogP contribution in [0.4, 0.5) is 5.69 Å². The van der Waals surface area contributed by atoms with Gasteiger partial charge in [-0.2, -0.15) is 0 Å². The van der Waals surface area contributed by atoms with Gasteiger partial charge in [0.2, 0.25) is 11.8 Å². The summed E-state index contributed by atoms with van der Waals surface area (Å²) in [5, 5.41) is 3.41. The number of unbranched alkanes of at least 4 members (excludes halogenated alkanes) is 1. The molecule has 150 valence electrons. The smallest absolute Gasteiger partial charge is 0.232 e. The van der Waals surface area contributed by atoms with Gasteiger partial charge in [0.15, 0.2) is 5.78 Å². The number of Topliss-reactive ketones (excluding diaryl/α,β-unsaturated/α-hetero) is 1. The van der Waals surface area contributed by atoms with Crippen LogP contribution < -0.4 is 5.32 Å². The predicted molar refractivity (Wildman–Crippen MR) is 110 cm³/mol. The largest absolute Gasteiger partial charge is 0.326 e. The molecule has 0 saturated carbocycles. The number of hydrogen-bond donors (Lipinski definition) is 1. The zero-order chi connectivity index (χ0) is 20.5. The number of nitrogens with zero attached hydrogens (tertiary/aromatic N) is 1. The Balaban J connectivity index is 1.94. The number of amides is 2. The first kappa shape index (κ1) is 20.6. The molecule has 3 rings (SSSR count). The SMILES string of the molecule is CCCCN1C(=O)C[C@@H](C(=O)Nc2ccc(Cl)cc2)C2=C1CC(C)(C)CC2=O. The summed E-state index contributed by atoms with van der Waals surface area (Å²) in [5.41, 5.74) is 1.67. The zero-order valence-corrected chi connectivity index (χ0v) is 17.4. The molecule has 2 amide bonds. The van der Waals surface area contributed by atoms with E-state index in [9.17, 15) is 14.4 Å². The van der Waals surface area contributed by atoms with Gasteiger partial charge in [-0.05, 0) is 42.5 Å². The van der Waals surface area contributed by atoms with Crippen LogP contribution in [-0.4, -0.2) is 29.0 Å². The highest BCUT2D eigenvalue weighted by Crippen LogP contribution is 2.44. The standard InChI is InChI=1S/C22H27ClN2O3/c1-4-5-10-25-17-12-22(2,3)13-18(26)20(17)16(11-19(25)27)21(28)24-15-8-6-14(23)7-9-15/h6-9,16H,4-5,10-13H2,1-3H3,(H,24,28)/t16-/m1/s1. The zero-order valence-electron chi connectivity index (χ0n) is 16.7. The van der Waals surface area contributed by atoms with Crippen molar-refractivity contribution in [1.82, 2.24) is 4.90 Å². The van der Waals surface area contributed by atoms with Crippen molar-refractivity contribution in [3.8, 4) is 0 Å². The van der Waals surface area contributed by atoms with Crippen LogP contribution in [0.15, 0.2) is 35.5 Å². The molecule has 0 spiro atoms. The Bertz CT molecular complexity index is 827. The number of carbonyl (C=O) groups excluding carboxylic acids is 3. The summed E-state index contributed by atoms with van der Waals surface area (Å²) in [6, 6.07) is 6.79. The lowest BCUT2D eigenvalue weighted by Gasteiger charge is -2.42. The monoisotopic (exact) mass is 402 g/mol. The van der Waals surface area contributed by atoms with Gasteiger partial charge >= 0.3 is 0 Å². The van der Waals surface area contributed by atoms with E-state index in [0.717, 1.165) is 18.5 Å². The van der Waals surface area contributed by atoms with Crippen LogP contribution in [0.5, 0.6) is 0 Å². The third-order valence-electron chi connectivity index (χ3n) is 5.41. The average Bonchev–Trinajstić information content (AvgIpc) is 2.61. The topological polar surface area (TPSA) is 66.5 Å². The first-order valence-electron chi connectivity index (χ1n) is 9.85. The maximum atomic E-state index is 13.0. The van der Waals surface area contributed by atoms with Gasteiger partial charge in [-0.15, -0.1) is 0 Å². The maximum absolute atomic E-state index is 13.0. The lowest BCUT2D eigenvalue weighted by atomic mass is 9.70. The van der Waals surface area contributed by atoms with Crippen molar-refractivity contribution in [1.29, 1.82) is 0 Å². The van der Waals surface area contributed by atoms with Crippen LogP contribution in [0.2, 0.25) is 5.02 Å². The lowest BCUT2D eigenvalue weighted by molar-refractivity contribution is -0.136. The van der Waals surface area contributed by atoms with Crippen LogP contribution in [0, 0.1) is 11.3 Å². The van der Waals surface area contributed by atoms with Crippen molar-refractivity contribution in [2.45, 2.75) is 52.9 Å². The van der Waals surface area contributed by atoms with Gasteiger partial charge in [0.1, 0.15) is 0 Å². The van der Waals surface area contributed by atoms with Crippen molar-refractivity contribution in [2.75, 3.05) is 11.9 Å². The molecule has 0 radical (unpaired) electrons. The molecule has 6 heteroatoms. The lowest BCUT2D eigenvalue weighted by Crippen LogP contribution is -2.47. The normalized spacial score (nSPS) is 21.6.